The molecule has 1 heterocycles. The third-order valence-electron chi connectivity index (χ3n) is 4.87. The number of hydrogen-bond donors (Lipinski definition) is 2. The molecule has 0 radical (unpaired) electrons. The maximum atomic E-state index is 12.8. The minimum absolute atomic E-state index is 0.188. The van der Waals surface area contributed by atoms with Crippen LogP contribution in [0.3, 0.4) is 0 Å². The van der Waals surface area contributed by atoms with E-state index in [4.69, 9.17) is 0 Å². The van der Waals surface area contributed by atoms with Gasteiger partial charge < -0.3 is 0 Å². The van der Waals surface area contributed by atoms with E-state index in [0.717, 1.165) is 22.5 Å². The fourth-order valence-corrected chi connectivity index (χ4v) is 5.26. The Balaban J connectivity index is 1.45. The highest BCUT2D eigenvalue weighted by Crippen LogP contribution is 2.41. The molecule has 27 heavy (non-hydrogen) atoms. The van der Waals surface area contributed by atoms with Crippen molar-refractivity contribution in [3.05, 3.63) is 48.6 Å². The van der Waals surface area contributed by atoms with Crippen molar-refractivity contribution >= 4 is 38.3 Å². The minimum Gasteiger partial charge on any atom is -0.273 e. The van der Waals surface area contributed by atoms with Crippen molar-refractivity contribution < 1.29 is 18.0 Å². The normalized spacial score (nSPS) is 19.4. The number of carbonyl (C=O) groups is 2. The summed E-state index contributed by atoms with van der Waals surface area (Å²) in [6.45, 7) is -0.403. The van der Waals surface area contributed by atoms with Crippen molar-refractivity contribution in [1.82, 2.24) is 10.9 Å². The van der Waals surface area contributed by atoms with Crippen LogP contribution in [0.5, 0.6) is 0 Å². The van der Waals surface area contributed by atoms with E-state index in [1.807, 2.05) is 24.3 Å². The topological polar surface area (TPSA) is 95.6 Å². The number of sulfonamides is 1. The quantitative estimate of drug-likeness (QED) is 0.620. The molecule has 0 unspecified atom stereocenters. The van der Waals surface area contributed by atoms with Crippen LogP contribution < -0.4 is 15.2 Å². The lowest BCUT2D eigenvalue weighted by Gasteiger charge is -2.18. The monoisotopic (exact) mass is 385 g/mol. The summed E-state index contributed by atoms with van der Waals surface area (Å²) in [5.74, 6) is -0.707. The Morgan fingerprint density at radius 2 is 1.81 bits per heavy atom. The van der Waals surface area contributed by atoms with Crippen LogP contribution in [0.2, 0.25) is 0 Å². The van der Waals surface area contributed by atoms with Gasteiger partial charge in [0.15, 0.2) is 0 Å². The summed E-state index contributed by atoms with van der Waals surface area (Å²) in [7, 11) is -3.80. The van der Waals surface area contributed by atoms with Gasteiger partial charge in [0.1, 0.15) is 6.54 Å². The van der Waals surface area contributed by atoms with Crippen molar-refractivity contribution in [3.8, 4) is 0 Å². The van der Waals surface area contributed by atoms with Gasteiger partial charge in [-0.1, -0.05) is 36.4 Å². The van der Waals surface area contributed by atoms with E-state index in [0.29, 0.717) is 17.5 Å². The van der Waals surface area contributed by atoms with Crippen LogP contribution in [0, 0.1) is 5.92 Å². The van der Waals surface area contributed by atoms with Gasteiger partial charge in [0, 0.05) is 11.8 Å². The molecule has 4 rings (SSSR count). The minimum atomic E-state index is -3.80. The van der Waals surface area contributed by atoms with Gasteiger partial charge in [0.2, 0.25) is 5.91 Å². The summed E-state index contributed by atoms with van der Waals surface area (Å²) < 4.78 is 26.7. The fourth-order valence-electron chi connectivity index (χ4n) is 3.59. The van der Waals surface area contributed by atoms with Gasteiger partial charge in [-0.3, -0.25) is 24.7 Å². The average Bonchev–Trinajstić information content (AvgIpc) is 3.22. The Bertz CT molecular complexity index is 1060. The van der Waals surface area contributed by atoms with Crippen LogP contribution in [-0.4, -0.2) is 26.8 Å². The van der Waals surface area contributed by atoms with E-state index in [2.05, 4.69) is 10.9 Å². The first-order valence-electron chi connectivity index (χ1n) is 8.75. The lowest BCUT2D eigenvalue weighted by Crippen LogP contribution is -2.47. The Morgan fingerprint density at radius 1 is 1.07 bits per heavy atom. The number of hydrazine groups is 1. The first-order chi connectivity index (χ1) is 13.0. The largest absolute Gasteiger partial charge is 0.273 e. The molecular formula is C19H19N3O4S. The number of allylic oxidation sites excluding steroid dienone is 2. The second kappa shape index (κ2) is 6.70. The van der Waals surface area contributed by atoms with Gasteiger partial charge in [0.25, 0.3) is 15.9 Å². The van der Waals surface area contributed by atoms with E-state index in [1.165, 1.54) is 6.07 Å². The third kappa shape index (κ3) is 3.16. The van der Waals surface area contributed by atoms with Crippen LogP contribution in [-0.2, 0) is 19.6 Å². The summed E-state index contributed by atoms with van der Waals surface area (Å²) in [5.41, 5.74) is 5.15. The highest BCUT2D eigenvalue weighted by atomic mass is 32.2. The Morgan fingerprint density at radius 3 is 2.56 bits per heavy atom. The number of amides is 2. The second-order valence-corrected chi connectivity index (χ2v) is 8.54. The predicted octanol–water partition coefficient (Wildman–Crippen LogP) is 1.85. The van der Waals surface area contributed by atoms with Crippen molar-refractivity contribution in [3.63, 3.8) is 0 Å². The molecule has 2 amide bonds. The van der Waals surface area contributed by atoms with Crippen LogP contribution in [0.4, 0.5) is 5.69 Å². The van der Waals surface area contributed by atoms with Crippen LogP contribution in [0.1, 0.15) is 19.3 Å². The molecule has 2 aliphatic rings. The zero-order chi connectivity index (χ0) is 19.0. The Hall–Kier alpha value is -2.87. The molecule has 0 bridgehead atoms. The first-order valence-corrected chi connectivity index (χ1v) is 10.2. The molecule has 2 aromatic rings. The molecule has 0 spiro atoms. The molecular weight excluding hydrogens is 366 g/mol. The van der Waals surface area contributed by atoms with E-state index in [1.54, 1.807) is 18.2 Å². The van der Waals surface area contributed by atoms with Crippen LogP contribution in [0.15, 0.2) is 53.4 Å². The lowest BCUT2D eigenvalue weighted by atomic mass is 10.1. The van der Waals surface area contributed by atoms with Crippen molar-refractivity contribution in [2.75, 3.05) is 10.8 Å². The Labute approximate surface area is 157 Å². The van der Waals surface area contributed by atoms with Gasteiger partial charge in [-0.25, -0.2) is 8.42 Å². The Kier molecular flexibility index (Phi) is 4.35. The maximum absolute atomic E-state index is 12.8. The van der Waals surface area contributed by atoms with E-state index >= 15 is 0 Å². The van der Waals surface area contributed by atoms with Crippen molar-refractivity contribution in [2.45, 2.75) is 24.2 Å². The summed E-state index contributed by atoms with van der Waals surface area (Å²) >= 11 is 0. The van der Waals surface area contributed by atoms with E-state index in [-0.39, 0.29) is 16.7 Å². The van der Waals surface area contributed by atoms with Crippen LogP contribution in [0.25, 0.3) is 10.8 Å². The number of nitrogens with one attached hydrogen (secondary N) is 2. The van der Waals surface area contributed by atoms with Gasteiger partial charge in [-0.2, -0.15) is 0 Å². The zero-order valence-corrected chi connectivity index (χ0v) is 15.3. The molecule has 0 fully saturated rings. The fraction of sp³-hybridized carbons (Fsp3) is 0.263. The van der Waals surface area contributed by atoms with Crippen LogP contribution >= 0.6 is 0 Å². The summed E-state index contributed by atoms with van der Waals surface area (Å²) in [4.78, 5) is 24.4. The molecule has 1 aliphatic carbocycles. The van der Waals surface area contributed by atoms with Gasteiger partial charge in [0.05, 0.1) is 10.6 Å². The SMILES string of the molecule is O=C(C[C@H]1C=CCC1)NNC(=O)CN1c2cccc3cccc(c23)S1(=O)=O. The highest BCUT2D eigenvalue weighted by Gasteiger charge is 2.36. The number of carbonyl (C=O) groups excluding carboxylic acids is 2. The average molecular weight is 385 g/mol. The maximum Gasteiger partial charge on any atom is 0.265 e. The van der Waals surface area contributed by atoms with Crippen molar-refractivity contribution in [1.29, 1.82) is 0 Å². The number of benzene rings is 2. The molecule has 8 heteroatoms. The summed E-state index contributed by atoms with van der Waals surface area (Å²) in [6, 6.07) is 10.3. The molecule has 0 saturated heterocycles. The molecule has 0 saturated carbocycles. The van der Waals surface area contributed by atoms with Gasteiger partial charge in [-0.05, 0) is 36.3 Å². The van der Waals surface area contributed by atoms with E-state index in [9.17, 15) is 18.0 Å². The predicted molar refractivity (Wildman–Crippen MR) is 101 cm³/mol. The summed E-state index contributed by atoms with van der Waals surface area (Å²) in [5, 5.41) is 1.42. The van der Waals surface area contributed by atoms with Gasteiger partial charge in [-0.15, -0.1) is 0 Å². The summed E-state index contributed by atoms with van der Waals surface area (Å²) in [6.07, 6.45) is 6.21. The standard InChI is InChI=1S/C19H19N3O4S/c23-17(11-13-5-1-2-6-13)20-21-18(24)12-22-15-9-3-7-14-8-4-10-16(19(14)15)27(22,25)26/h1,3-5,7-10,13H,2,6,11-12H2,(H,20,23)(H,21,24)/t13-/m0/s1. The highest BCUT2D eigenvalue weighted by molar-refractivity contribution is 7.93. The molecule has 140 valence electrons. The number of nitrogens with zero attached hydrogens (tertiary/aromatic N) is 1. The van der Waals surface area contributed by atoms with Gasteiger partial charge >= 0.3 is 0 Å². The van der Waals surface area contributed by atoms with E-state index < -0.39 is 22.5 Å². The smallest absolute Gasteiger partial charge is 0.265 e. The van der Waals surface area contributed by atoms with Crippen molar-refractivity contribution in [2.24, 2.45) is 5.92 Å². The molecule has 2 aromatic carbocycles. The number of rotatable bonds is 4. The lowest BCUT2D eigenvalue weighted by molar-refractivity contribution is -0.128. The third-order valence-corrected chi connectivity index (χ3v) is 6.67. The molecule has 0 aromatic heterocycles. The first kappa shape index (κ1) is 17.5. The molecule has 7 nitrogen and oxygen atoms in total. The molecule has 2 N–H and O–H groups in total. The second-order valence-electron chi connectivity index (χ2n) is 6.71. The molecule has 1 atom stereocenters. The number of hydrogen-bond acceptors (Lipinski definition) is 4. The zero-order valence-electron chi connectivity index (χ0n) is 14.5. The number of anilines is 1. The molecule has 1 aliphatic heterocycles.